The van der Waals surface area contributed by atoms with E-state index in [1.807, 2.05) is 56.3 Å². The fourth-order valence-corrected chi connectivity index (χ4v) is 2.81. The van der Waals surface area contributed by atoms with Gasteiger partial charge in [0.15, 0.2) is 0 Å². The molecule has 132 valence electrons. The highest BCUT2D eigenvalue weighted by Crippen LogP contribution is 2.20. The van der Waals surface area contributed by atoms with Crippen molar-refractivity contribution >= 4 is 34.8 Å². The number of aromatic nitrogens is 2. The van der Waals surface area contributed by atoms with Gasteiger partial charge in [0.1, 0.15) is 5.69 Å². The van der Waals surface area contributed by atoms with Gasteiger partial charge in [-0.25, -0.2) is 9.97 Å². The summed E-state index contributed by atoms with van der Waals surface area (Å²) in [5.74, 6) is 0.193. The molecular weight excluding hydrogens is 348 g/mol. The minimum absolute atomic E-state index is 0.168. The Bertz CT molecular complexity index is 915. The number of aryl methyl sites for hydroxylation is 1. The average molecular weight is 367 g/mol. The molecule has 0 saturated carbocycles. The van der Waals surface area contributed by atoms with Crippen LogP contribution in [-0.4, -0.2) is 22.4 Å². The topological polar surface area (TPSA) is 58.1 Å². The Morgan fingerprint density at radius 3 is 2.54 bits per heavy atom. The van der Waals surface area contributed by atoms with E-state index in [9.17, 15) is 4.79 Å². The summed E-state index contributed by atoms with van der Waals surface area (Å²) in [6, 6.07) is 18.5. The van der Waals surface area contributed by atoms with E-state index in [1.165, 1.54) is 0 Å². The third-order valence-corrected chi connectivity index (χ3v) is 4.02. The minimum Gasteiger partial charge on any atom is -0.324 e. The number of nitrogens with zero attached hydrogens (tertiary/aromatic N) is 3. The summed E-state index contributed by atoms with van der Waals surface area (Å²) in [7, 11) is 0. The SMILES string of the molecule is CCN(C(=O)c1cc(C)nc(Nc2cccc(Cl)c2)n1)c1ccccc1. The Morgan fingerprint density at radius 2 is 1.85 bits per heavy atom. The van der Waals surface area contributed by atoms with E-state index < -0.39 is 0 Å². The largest absolute Gasteiger partial charge is 0.324 e. The summed E-state index contributed by atoms with van der Waals surface area (Å²) in [5.41, 5.74) is 2.64. The van der Waals surface area contributed by atoms with Gasteiger partial charge in [0.25, 0.3) is 5.91 Å². The van der Waals surface area contributed by atoms with E-state index in [0.29, 0.717) is 28.9 Å². The zero-order valence-corrected chi connectivity index (χ0v) is 15.4. The maximum Gasteiger partial charge on any atom is 0.277 e. The van der Waals surface area contributed by atoms with Crippen molar-refractivity contribution < 1.29 is 4.79 Å². The quantitative estimate of drug-likeness (QED) is 0.701. The van der Waals surface area contributed by atoms with Gasteiger partial charge in [-0.05, 0) is 50.2 Å². The number of para-hydroxylation sites is 1. The number of halogens is 1. The Kier molecular flexibility index (Phi) is 5.49. The predicted octanol–water partition coefficient (Wildman–Crippen LogP) is 4.85. The van der Waals surface area contributed by atoms with Gasteiger partial charge in [-0.2, -0.15) is 0 Å². The van der Waals surface area contributed by atoms with E-state index in [0.717, 1.165) is 11.4 Å². The van der Waals surface area contributed by atoms with E-state index in [2.05, 4.69) is 15.3 Å². The second-order valence-electron chi connectivity index (χ2n) is 5.74. The molecule has 1 heterocycles. The van der Waals surface area contributed by atoms with Crippen molar-refractivity contribution in [2.24, 2.45) is 0 Å². The van der Waals surface area contributed by atoms with Gasteiger partial charge in [0.05, 0.1) is 0 Å². The van der Waals surface area contributed by atoms with Gasteiger partial charge in [0, 0.05) is 28.6 Å². The van der Waals surface area contributed by atoms with Crippen molar-refractivity contribution in [2.45, 2.75) is 13.8 Å². The van der Waals surface area contributed by atoms with Crippen LogP contribution in [0.15, 0.2) is 60.7 Å². The first kappa shape index (κ1) is 17.9. The molecule has 2 aromatic carbocycles. The third kappa shape index (κ3) is 4.18. The number of anilines is 3. The Morgan fingerprint density at radius 1 is 1.08 bits per heavy atom. The lowest BCUT2D eigenvalue weighted by molar-refractivity contribution is 0.0983. The highest BCUT2D eigenvalue weighted by molar-refractivity contribution is 6.30. The van der Waals surface area contributed by atoms with Gasteiger partial charge in [-0.1, -0.05) is 35.9 Å². The summed E-state index contributed by atoms with van der Waals surface area (Å²) in [4.78, 5) is 23.4. The van der Waals surface area contributed by atoms with Gasteiger partial charge >= 0.3 is 0 Å². The number of carbonyl (C=O) groups is 1. The number of hydrogen-bond acceptors (Lipinski definition) is 4. The normalized spacial score (nSPS) is 10.4. The third-order valence-electron chi connectivity index (χ3n) is 3.78. The molecule has 0 bridgehead atoms. The van der Waals surface area contributed by atoms with Gasteiger partial charge < -0.3 is 10.2 Å². The van der Waals surface area contributed by atoms with Crippen LogP contribution in [0.5, 0.6) is 0 Å². The van der Waals surface area contributed by atoms with Crippen LogP contribution < -0.4 is 10.2 Å². The molecule has 26 heavy (non-hydrogen) atoms. The minimum atomic E-state index is -0.168. The molecule has 0 aliphatic heterocycles. The average Bonchev–Trinajstić information content (AvgIpc) is 2.62. The zero-order chi connectivity index (χ0) is 18.5. The van der Waals surface area contributed by atoms with Crippen LogP contribution in [0.3, 0.4) is 0 Å². The molecule has 0 fully saturated rings. The van der Waals surface area contributed by atoms with Crippen LogP contribution in [0, 0.1) is 6.92 Å². The number of amides is 1. The van der Waals surface area contributed by atoms with Crippen LogP contribution in [0.1, 0.15) is 23.1 Å². The molecule has 0 saturated heterocycles. The molecule has 6 heteroatoms. The molecule has 0 unspecified atom stereocenters. The molecule has 0 aliphatic carbocycles. The number of rotatable bonds is 5. The van der Waals surface area contributed by atoms with Crippen LogP contribution in [0.4, 0.5) is 17.3 Å². The summed E-state index contributed by atoms with van der Waals surface area (Å²) in [6.45, 7) is 4.31. The zero-order valence-electron chi connectivity index (χ0n) is 14.6. The molecule has 3 aromatic rings. The number of hydrogen-bond donors (Lipinski definition) is 1. The van der Waals surface area contributed by atoms with Gasteiger partial charge in [0.2, 0.25) is 5.95 Å². The van der Waals surface area contributed by atoms with E-state index in [1.54, 1.807) is 23.1 Å². The highest BCUT2D eigenvalue weighted by atomic mass is 35.5. The Labute approximate surface area is 157 Å². The summed E-state index contributed by atoms with van der Waals surface area (Å²) in [6.07, 6.45) is 0. The Balaban J connectivity index is 1.90. The molecule has 3 rings (SSSR count). The van der Waals surface area contributed by atoms with E-state index >= 15 is 0 Å². The lowest BCUT2D eigenvalue weighted by atomic mass is 10.2. The maximum absolute atomic E-state index is 13.0. The van der Waals surface area contributed by atoms with Crippen molar-refractivity contribution in [2.75, 3.05) is 16.8 Å². The van der Waals surface area contributed by atoms with Crippen LogP contribution in [0.2, 0.25) is 5.02 Å². The van der Waals surface area contributed by atoms with Crippen molar-refractivity contribution in [1.29, 1.82) is 0 Å². The molecular formula is C20H19ClN4O. The second-order valence-corrected chi connectivity index (χ2v) is 6.17. The maximum atomic E-state index is 13.0. The summed E-state index contributed by atoms with van der Waals surface area (Å²) in [5, 5.41) is 3.71. The fourth-order valence-electron chi connectivity index (χ4n) is 2.62. The fraction of sp³-hybridized carbons (Fsp3) is 0.150. The second kappa shape index (κ2) is 7.97. The predicted molar refractivity (Wildman–Crippen MR) is 105 cm³/mol. The first-order valence-corrected chi connectivity index (χ1v) is 8.70. The van der Waals surface area contributed by atoms with Gasteiger partial charge in [-0.3, -0.25) is 4.79 Å². The molecule has 0 aliphatic rings. The first-order chi connectivity index (χ1) is 12.6. The summed E-state index contributed by atoms with van der Waals surface area (Å²) < 4.78 is 0. The van der Waals surface area contributed by atoms with Crippen LogP contribution >= 0.6 is 11.6 Å². The molecule has 0 radical (unpaired) electrons. The highest BCUT2D eigenvalue weighted by Gasteiger charge is 2.18. The van der Waals surface area contributed by atoms with Crippen LogP contribution in [-0.2, 0) is 0 Å². The lowest BCUT2D eigenvalue weighted by Crippen LogP contribution is -2.31. The smallest absolute Gasteiger partial charge is 0.277 e. The number of carbonyl (C=O) groups excluding carboxylic acids is 1. The van der Waals surface area contributed by atoms with Crippen molar-refractivity contribution in [3.05, 3.63) is 77.1 Å². The Hall–Kier alpha value is -2.92. The van der Waals surface area contributed by atoms with E-state index in [4.69, 9.17) is 11.6 Å². The van der Waals surface area contributed by atoms with E-state index in [-0.39, 0.29) is 5.91 Å². The molecule has 0 atom stereocenters. The molecule has 1 N–H and O–H groups in total. The number of nitrogens with one attached hydrogen (secondary N) is 1. The van der Waals surface area contributed by atoms with Gasteiger partial charge in [-0.15, -0.1) is 0 Å². The van der Waals surface area contributed by atoms with Crippen molar-refractivity contribution in [3.8, 4) is 0 Å². The lowest BCUT2D eigenvalue weighted by Gasteiger charge is -2.21. The molecule has 5 nitrogen and oxygen atoms in total. The van der Waals surface area contributed by atoms with Crippen molar-refractivity contribution in [3.63, 3.8) is 0 Å². The number of benzene rings is 2. The first-order valence-electron chi connectivity index (χ1n) is 8.32. The molecule has 1 amide bonds. The monoisotopic (exact) mass is 366 g/mol. The van der Waals surface area contributed by atoms with Crippen LogP contribution in [0.25, 0.3) is 0 Å². The summed E-state index contributed by atoms with van der Waals surface area (Å²) >= 11 is 6.01. The molecule has 1 aromatic heterocycles. The molecule has 0 spiro atoms. The van der Waals surface area contributed by atoms with Crippen molar-refractivity contribution in [1.82, 2.24) is 9.97 Å². The standard InChI is InChI=1S/C20H19ClN4O/c1-3-25(17-10-5-4-6-11-17)19(26)18-12-14(2)22-20(24-18)23-16-9-7-8-15(21)13-16/h4-13H,3H2,1-2H3,(H,22,23,24).